The van der Waals surface area contributed by atoms with Gasteiger partial charge in [-0.25, -0.2) is 9.97 Å². The zero-order valence-electron chi connectivity index (χ0n) is 13.6. The molecule has 3 aromatic rings. The monoisotopic (exact) mass is 354 g/mol. The molecule has 0 radical (unpaired) electrons. The molecule has 128 valence electrons. The summed E-state index contributed by atoms with van der Waals surface area (Å²) < 4.78 is 0. The summed E-state index contributed by atoms with van der Waals surface area (Å²) in [6, 6.07) is 5.65. The number of carbonyl (C=O) groups is 1. The van der Waals surface area contributed by atoms with Crippen LogP contribution in [0.25, 0.3) is 11.3 Å². The highest BCUT2D eigenvalue weighted by molar-refractivity contribution is 7.08. The summed E-state index contributed by atoms with van der Waals surface area (Å²) in [6.45, 7) is 1.62. The predicted octanol–water partition coefficient (Wildman–Crippen LogP) is 2.33. The number of thiophene rings is 1. The van der Waals surface area contributed by atoms with Gasteiger partial charge in [-0.2, -0.15) is 16.4 Å². The van der Waals surface area contributed by atoms with Crippen LogP contribution in [-0.4, -0.2) is 45.2 Å². The Labute approximate surface area is 149 Å². The van der Waals surface area contributed by atoms with E-state index in [1.54, 1.807) is 35.9 Å². The number of nitrogens with one attached hydrogen (secondary N) is 2. The molecule has 0 bridgehead atoms. The van der Waals surface area contributed by atoms with Crippen LogP contribution in [0.1, 0.15) is 23.3 Å². The number of hydrogen-bond acceptors (Lipinski definition) is 6. The van der Waals surface area contributed by atoms with Crippen LogP contribution in [-0.2, 0) is 0 Å². The van der Waals surface area contributed by atoms with Crippen LogP contribution in [0.5, 0.6) is 0 Å². The van der Waals surface area contributed by atoms with Crippen molar-refractivity contribution >= 4 is 23.2 Å². The number of carbonyl (C=O) groups excluding carboxylic acids is 1. The molecule has 2 N–H and O–H groups in total. The topological polar surface area (TPSA) is 86.8 Å². The maximum Gasteiger partial charge on any atom is 0.269 e. The Bertz CT molecular complexity index is 832. The minimum absolute atomic E-state index is 0.0675. The Morgan fingerprint density at radius 3 is 3.04 bits per heavy atom. The number of rotatable bonds is 4. The maximum atomic E-state index is 12.5. The van der Waals surface area contributed by atoms with Gasteiger partial charge < -0.3 is 10.2 Å². The Morgan fingerprint density at radius 1 is 1.36 bits per heavy atom. The fourth-order valence-corrected chi connectivity index (χ4v) is 3.64. The van der Waals surface area contributed by atoms with E-state index >= 15 is 0 Å². The Balaban J connectivity index is 1.40. The van der Waals surface area contributed by atoms with Crippen molar-refractivity contribution in [3.05, 3.63) is 47.0 Å². The minimum atomic E-state index is -0.130. The highest BCUT2D eigenvalue weighted by Crippen LogP contribution is 2.21. The first-order valence-corrected chi connectivity index (χ1v) is 9.15. The lowest BCUT2D eigenvalue weighted by Gasteiger charge is -2.32. The van der Waals surface area contributed by atoms with E-state index in [1.165, 1.54) is 0 Å². The van der Waals surface area contributed by atoms with E-state index < -0.39 is 0 Å². The molecule has 4 heterocycles. The van der Waals surface area contributed by atoms with E-state index in [-0.39, 0.29) is 11.9 Å². The largest absolute Gasteiger partial charge is 0.346 e. The van der Waals surface area contributed by atoms with Gasteiger partial charge in [-0.15, -0.1) is 0 Å². The lowest BCUT2D eigenvalue weighted by Crippen LogP contribution is -2.48. The number of aromatic nitrogens is 4. The first-order valence-electron chi connectivity index (χ1n) is 8.20. The molecule has 1 aliphatic heterocycles. The average Bonchev–Trinajstić information content (AvgIpc) is 3.34. The standard InChI is InChI=1S/C17H18N6OS/c24-16(15-9-14(21-22-15)12-4-8-25-11-12)20-13-3-1-7-23(10-13)17-18-5-2-6-19-17/h2,4-6,8-9,11,13H,1,3,7,10H2,(H,20,24)(H,21,22). The van der Waals surface area contributed by atoms with Crippen molar-refractivity contribution in [1.29, 1.82) is 0 Å². The molecule has 0 aliphatic carbocycles. The SMILES string of the molecule is O=C(NC1CCCN(c2ncccn2)C1)c1cc(-c2ccsc2)n[nH]1. The molecule has 8 heteroatoms. The fourth-order valence-electron chi connectivity index (χ4n) is 2.99. The van der Waals surface area contributed by atoms with E-state index in [9.17, 15) is 4.79 Å². The molecular formula is C17H18N6OS. The lowest BCUT2D eigenvalue weighted by molar-refractivity contribution is 0.0928. The summed E-state index contributed by atoms with van der Waals surface area (Å²) in [6.07, 6.45) is 5.41. The van der Waals surface area contributed by atoms with Crippen molar-refractivity contribution in [1.82, 2.24) is 25.5 Å². The first kappa shape index (κ1) is 15.8. The van der Waals surface area contributed by atoms with E-state index in [4.69, 9.17) is 0 Å². The second kappa shape index (κ2) is 7.02. The summed E-state index contributed by atoms with van der Waals surface area (Å²) >= 11 is 1.61. The van der Waals surface area contributed by atoms with Gasteiger partial charge in [0.25, 0.3) is 5.91 Å². The highest BCUT2D eigenvalue weighted by atomic mass is 32.1. The average molecular weight is 354 g/mol. The van der Waals surface area contributed by atoms with Crippen LogP contribution in [0.2, 0.25) is 0 Å². The maximum absolute atomic E-state index is 12.5. The molecule has 3 aromatic heterocycles. The molecule has 0 aromatic carbocycles. The quantitative estimate of drug-likeness (QED) is 0.751. The Hall–Kier alpha value is -2.74. The summed E-state index contributed by atoms with van der Waals surface area (Å²) in [4.78, 5) is 23.2. The summed E-state index contributed by atoms with van der Waals surface area (Å²) in [5, 5.41) is 14.1. The Morgan fingerprint density at radius 2 is 2.24 bits per heavy atom. The van der Waals surface area contributed by atoms with Crippen LogP contribution < -0.4 is 10.2 Å². The highest BCUT2D eigenvalue weighted by Gasteiger charge is 2.24. The third-order valence-electron chi connectivity index (χ3n) is 4.23. The number of amides is 1. The van der Waals surface area contributed by atoms with E-state index in [0.717, 1.165) is 30.6 Å². The van der Waals surface area contributed by atoms with E-state index in [2.05, 4.69) is 30.4 Å². The molecule has 1 aliphatic rings. The molecule has 4 rings (SSSR count). The van der Waals surface area contributed by atoms with Crippen molar-refractivity contribution in [3.8, 4) is 11.3 Å². The summed E-state index contributed by atoms with van der Waals surface area (Å²) in [7, 11) is 0. The van der Waals surface area contributed by atoms with Crippen molar-refractivity contribution in [2.45, 2.75) is 18.9 Å². The summed E-state index contributed by atoms with van der Waals surface area (Å²) in [5.74, 6) is 0.581. The zero-order valence-corrected chi connectivity index (χ0v) is 14.4. The van der Waals surface area contributed by atoms with Gasteiger partial charge in [0.2, 0.25) is 5.95 Å². The van der Waals surface area contributed by atoms with Crippen molar-refractivity contribution in [2.75, 3.05) is 18.0 Å². The predicted molar refractivity (Wildman–Crippen MR) is 96.6 cm³/mol. The van der Waals surface area contributed by atoms with Crippen molar-refractivity contribution in [3.63, 3.8) is 0 Å². The van der Waals surface area contributed by atoms with Crippen LogP contribution >= 0.6 is 11.3 Å². The van der Waals surface area contributed by atoms with Crippen LogP contribution in [0.4, 0.5) is 5.95 Å². The number of anilines is 1. The fraction of sp³-hybridized carbons (Fsp3) is 0.294. The first-order chi connectivity index (χ1) is 12.3. The minimum Gasteiger partial charge on any atom is -0.346 e. The molecule has 1 saturated heterocycles. The van der Waals surface area contributed by atoms with Gasteiger partial charge in [-0.3, -0.25) is 9.89 Å². The molecule has 1 amide bonds. The van der Waals surface area contributed by atoms with Crippen molar-refractivity contribution < 1.29 is 4.79 Å². The molecule has 25 heavy (non-hydrogen) atoms. The molecule has 7 nitrogen and oxygen atoms in total. The van der Waals surface area contributed by atoms with Gasteiger partial charge >= 0.3 is 0 Å². The second-order valence-corrected chi connectivity index (χ2v) is 6.77. The third-order valence-corrected chi connectivity index (χ3v) is 4.91. The molecule has 1 fully saturated rings. The van der Waals surface area contributed by atoms with Gasteiger partial charge in [0.05, 0.1) is 5.69 Å². The molecule has 0 spiro atoms. The number of aromatic amines is 1. The van der Waals surface area contributed by atoms with Crippen LogP contribution in [0, 0.1) is 0 Å². The second-order valence-electron chi connectivity index (χ2n) is 5.99. The van der Waals surface area contributed by atoms with Crippen molar-refractivity contribution in [2.24, 2.45) is 0 Å². The van der Waals surface area contributed by atoms with Gasteiger partial charge in [-0.05, 0) is 36.4 Å². The van der Waals surface area contributed by atoms with E-state index in [0.29, 0.717) is 18.2 Å². The van der Waals surface area contributed by atoms with Gasteiger partial charge in [0.1, 0.15) is 5.69 Å². The number of hydrogen-bond donors (Lipinski definition) is 2. The number of piperidine rings is 1. The molecule has 1 atom stereocenters. The normalized spacial score (nSPS) is 17.4. The summed E-state index contributed by atoms with van der Waals surface area (Å²) in [5.41, 5.74) is 2.29. The molecular weight excluding hydrogens is 336 g/mol. The van der Waals surface area contributed by atoms with Crippen LogP contribution in [0.3, 0.4) is 0 Å². The third kappa shape index (κ3) is 3.53. The van der Waals surface area contributed by atoms with Crippen LogP contribution in [0.15, 0.2) is 41.4 Å². The number of H-pyrrole nitrogens is 1. The van der Waals surface area contributed by atoms with E-state index in [1.807, 2.05) is 16.8 Å². The smallest absolute Gasteiger partial charge is 0.269 e. The van der Waals surface area contributed by atoms with Gasteiger partial charge in [-0.1, -0.05) is 0 Å². The zero-order chi connectivity index (χ0) is 17.1. The van der Waals surface area contributed by atoms with Gasteiger partial charge in [0.15, 0.2) is 0 Å². The lowest BCUT2D eigenvalue weighted by atomic mass is 10.1. The molecule has 0 saturated carbocycles. The number of nitrogens with zero attached hydrogens (tertiary/aromatic N) is 4. The molecule has 1 unspecified atom stereocenters. The Kier molecular flexibility index (Phi) is 4.43. The van der Waals surface area contributed by atoms with Gasteiger partial charge in [0, 0.05) is 42.5 Å².